The van der Waals surface area contributed by atoms with Crippen molar-refractivity contribution in [3.8, 4) is 11.1 Å². The van der Waals surface area contributed by atoms with Gasteiger partial charge in [0, 0.05) is 28.8 Å². The minimum absolute atomic E-state index is 0.0617. The standard InChI is InChI=1S/C27H23BrN2O5S/c1-3-24(32)26-25(19-7-5-4-6-8-19)23-15-20(28)11-14-22(23)27(33)30(26)16-18-9-12-21(13-10-18)36(34,35)29-17(2)31/h4-15H,3,16H2,1-2H3,(H,29,31). The molecule has 0 unspecified atom stereocenters. The third kappa shape index (κ3) is 5.03. The third-order valence-electron chi connectivity index (χ3n) is 5.73. The topological polar surface area (TPSA) is 102 Å². The van der Waals surface area contributed by atoms with E-state index in [0.717, 1.165) is 17.0 Å². The van der Waals surface area contributed by atoms with Crippen LogP contribution in [0.5, 0.6) is 0 Å². The van der Waals surface area contributed by atoms with Crippen molar-refractivity contribution in [1.82, 2.24) is 9.29 Å². The molecule has 184 valence electrons. The summed E-state index contributed by atoms with van der Waals surface area (Å²) in [5, 5.41) is 1.14. The molecule has 0 aliphatic rings. The van der Waals surface area contributed by atoms with Gasteiger partial charge in [0.2, 0.25) is 5.91 Å². The zero-order chi connectivity index (χ0) is 26.0. The number of nitrogens with zero attached hydrogens (tertiary/aromatic N) is 1. The highest BCUT2D eigenvalue weighted by atomic mass is 79.9. The molecule has 1 N–H and O–H groups in total. The van der Waals surface area contributed by atoms with E-state index in [1.165, 1.54) is 16.7 Å². The second kappa shape index (κ2) is 10.2. The van der Waals surface area contributed by atoms with Crippen molar-refractivity contribution in [3.63, 3.8) is 0 Å². The van der Waals surface area contributed by atoms with Gasteiger partial charge in [-0.1, -0.05) is 65.3 Å². The zero-order valence-corrected chi connectivity index (χ0v) is 22.0. The van der Waals surface area contributed by atoms with E-state index in [-0.39, 0.29) is 29.2 Å². The number of pyridine rings is 1. The Morgan fingerprint density at radius 2 is 1.61 bits per heavy atom. The number of nitrogens with one attached hydrogen (secondary N) is 1. The maximum atomic E-state index is 13.7. The van der Waals surface area contributed by atoms with Gasteiger partial charge in [0.05, 0.1) is 17.1 Å². The van der Waals surface area contributed by atoms with E-state index in [1.807, 2.05) is 41.1 Å². The molecule has 0 bridgehead atoms. The molecule has 4 aromatic rings. The van der Waals surface area contributed by atoms with Crippen LogP contribution < -0.4 is 10.3 Å². The second-order valence-electron chi connectivity index (χ2n) is 8.25. The van der Waals surface area contributed by atoms with Crippen LogP contribution in [0.3, 0.4) is 0 Å². The largest absolute Gasteiger partial charge is 0.300 e. The molecule has 3 aromatic carbocycles. The van der Waals surface area contributed by atoms with E-state index in [2.05, 4.69) is 15.9 Å². The minimum Gasteiger partial charge on any atom is -0.300 e. The normalized spacial score (nSPS) is 11.4. The number of aromatic nitrogens is 1. The summed E-state index contributed by atoms with van der Waals surface area (Å²) in [6.07, 6.45) is 0.201. The Balaban J connectivity index is 1.94. The highest BCUT2D eigenvalue weighted by Gasteiger charge is 2.23. The number of carbonyl (C=O) groups is 2. The van der Waals surface area contributed by atoms with E-state index >= 15 is 0 Å². The van der Waals surface area contributed by atoms with Crippen LogP contribution >= 0.6 is 15.9 Å². The molecule has 4 rings (SSSR count). The number of hydrogen-bond donors (Lipinski definition) is 1. The quantitative estimate of drug-likeness (QED) is 0.320. The number of rotatable bonds is 7. The highest BCUT2D eigenvalue weighted by molar-refractivity contribution is 9.10. The van der Waals surface area contributed by atoms with Gasteiger partial charge in [0.1, 0.15) is 0 Å². The number of ketones is 1. The molecule has 1 aromatic heterocycles. The summed E-state index contributed by atoms with van der Waals surface area (Å²) in [5.74, 6) is -0.873. The zero-order valence-electron chi connectivity index (χ0n) is 19.6. The third-order valence-corrected chi connectivity index (χ3v) is 7.68. The average molecular weight is 567 g/mol. The van der Waals surface area contributed by atoms with Gasteiger partial charge in [-0.3, -0.25) is 19.0 Å². The monoisotopic (exact) mass is 566 g/mol. The maximum absolute atomic E-state index is 13.7. The van der Waals surface area contributed by atoms with Gasteiger partial charge in [0.15, 0.2) is 5.78 Å². The Hall–Kier alpha value is -3.56. The lowest BCUT2D eigenvalue weighted by Crippen LogP contribution is -2.28. The van der Waals surface area contributed by atoms with Gasteiger partial charge in [0.25, 0.3) is 15.6 Å². The Bertz CT molecular complexity index is 1640. The lowest BCUT2D eigenvalue weighted by atomic mass is 9.94. The second-order valence-corrected chi connectivity index (χ2v) is 10.9. The van der Waals surface area contributed by atoms with Crippen LogP contribution in [0.15, 0.2) is 87.0 Å². The van der Waals surface area contributed by atoms with Crippen molar-refractivity contribution in [2.24, 2.45) is 0 Å². The molecule has 0 saturated carbocycles. The first kappa shape index (κ1) is 25.5. The van der Waals surface area contributed by atoms with Gasteiger partial charge < -0.3 is 0 Å². The van der Waals surface area contributed by atoms with Crippen LogP contribution in [0.25, 0.3) is 21.9 Å². The number of amides is 1. The molecule has 1 amide bonds. The summed E-state index contributed by atoms with van der Waals surface area (Å²) in [5.41, 5.74) is 2.09. The summed E-state index contributed by atoms with van der Waals surface area (Å²) in [6, 6.07) is 20.7. The fourth-order valence-electron chi connectivity index (χ4n) is 4.13. The summed E-state index contributed by atoms with van der Waals surface area (Å²) in [7, 11) is -3.99. The Kier molecular flexibility index (Phi) is 7.23. The predicted octanol–water partition coefficient (Wildman–Crippen LogP) is 4.90. The van der Waals surface area contributed by atoms with Gasteiger partial charge in [-0.25, -0.2) is 13.1 Å². The molecule has 36 heavy (non-hydrogen) atoms. The number of halogens is 1. The molecule has 9 heteroatoms. The van der Waals surface area contributed by atoms with Crippen LogP contribution in [0.4, 0.5) is 0 Å². The molecule has 7 nitrogen and oxygen atoms in total. The Labute approximate surface area is 217 Å². The van der Waals surface area contributed by atoms with E-state index in [4.69, 9.17) is 0 Å². The SMILES string of the molecule is CCC(=O)c1c(-c2ccccc2)c2cc(Br)ccc2c(=O)n1Cc1ccc(S(=O)(=O)NC(C)=O)cc1. The smallest absolute Gasteiger partial charge is 0.264 e. The number of fused-ring (bicyclic) bond motifs is 1. The minimum atomic E-state index is -3.99. The molecular formula is C27H23BrN2O5S. The first-order valence-corrected chi connectivity index (χ1v) is 13.5. The van der Waals surface area contributed by atoms with Crippen molar-refractivity contribution in [2.75, 3.05) is 0 Å². The molecule has 0 aliphatic heterocycles. The molecule has 0 radical (unpaired) electrons. The van der Waals surface area contributed by atoms with E-state index in [9.17, 15) is 22.8 Å². The molecular weight excluding hydrogens is 544 g/mol. The number of carbonyl (C=O) groups excluding carboxylic acids is 2. The van der Waals surface area contributed by atoms with Crippen molar-refractivity contribution in [3.05, 3.63) is 98.9 Å². The fraction of sp³-hybridized carbons (Fsp3) is 0.148. The number of hydrogen-bond acceptors (Lipinski definition) is 5. The van der Waals surface area contributed by atoms with Gasteiger partial charge in [-0.15, -0.1) is 0 Å². The van der Waals surface area contributed by atoms with Crippen molar-refractivity contribution >= 4 is 48.4 Å². The van der Waals surface area contributed by atoms with Crippen LogP contribution in [-0.4, -0.2) is 24.7 Å². The van der Waals surface area contributed by atoms with Gasteiger partial charge >= 0.3 is 0 Å². The van der Waals surface area contributed by atoms with Crippen molar-refractivity contribution in [1.29, 1.82) is 0 Å². The molecule has 1 heterocycles. The Morgan fingerprint density at radius 1 is 0.944 bits per heavy atom. The van der Waals surface area contributed by atoms with Crippen molar-refractivity contribution < 1.29 is 18.0 Å². The first-order chi connectivity index (χ1) is 17.1. The van der Waals surface area contributed by atoms with Gasteiger partial charge in [-0.2, -0.15) is 0 Å². The first-order valence-electron chi connectivity index (χ1n) is 11.2. The van der Waals surface area contributed by atoms with Crippen LogP contribution in [0.1, 0.15) is 36.3 Å². The summed E-state index contributed by atoms with van der Waals surface area (Å²) in [6.45, 7) is 2.93. The lowest BCUT2D eigenvalue weighted by Gasteiger charge is -2.19. The predicted molar refractivity (Wildman–Crippen MR) is 143 cm³/mol. The van der Waals surface area contributed by atoms with Crippen LogP contribution in [0, 0.1) is 0 Å². The van der Waals surface area contributed by atoms with Crippen molar-refractivity contribution in [2.45, 2.75) is 31.7 Å². The molecule has 0 saturated heterocycles. The molecule has 0 fully saturated rings. The molecule has 0 atom stereocenters. The number of Topliss-reactive ketones (excluding diaryl/α,β-unsaturated/α-hetero) is 1. The Morgan fingerprint density at radius 3 is 2.22 bits per heavy atom. The molecule has 0 spiro atoms. The lowest BCUT2D eigenvalue weighted by molar-refractivity contribution is -0.117. The fourth-order valence-corrected chi connectivity index (χ4v) is 5.48. The van der Waals surface area contributed by atoms with E-state index in [0.29, 0.717) is 27.6 Å². The van der Waals surface area contributed by atoms with Gasteiger partial charge in [-0.05, 0) is 46.8 Å². The van der Waals surface area contributed by atoms with E-state index < -0.39 is 15.9 Å². The number of benzene rings is 3. The summed E-state index contributed by atoms with van der Waals surface area (Å²) >= 11 is 3.48. The summed E-state index contributed by atoms with van der Waals surface area (Å²) < 4.78 is 28.7. The van der Waals surface area contributed by atoms with E-state index in [1.54, 1.807) is 31.2 Å². The highest BCUT2D eigenvalue weighted by Crippen LogP contribution is 2.33. The maximum Gasteiger partial charge on any atom is 0.264 e. The average Bonchev–Trinajstić information content (AvgIpc) is 2.85. The van der Waals surface area contributed by atoms with Crippen LogP contribution in [0.2, 0.25) is 0 Å². The molecule has 0 aliphatic carbocycles. The van der Waals surface area contributed by atoms with Crippen LogP contribution in [-0.2, 0) is 21.4 Å². The summed E-state index contributed by atoms with van der Waals surface area (Å²) in [4.78, 5) is 38.1. The number of sulfonamides is 1.